The molecule has 2 heterocycles. The second-order valence-corrected chi connectivity index (χ2v) is 5.48. The third kappa shape index (κ3) is 3.15. The van der Waals surface area contributed by atoms with Gasteiger partial charge in [0.25, 0.3) is 11.6 Å². The van der Waals surface area contributed by atoms with Crippen LogP contribution in [0.4, 0.5) is 17.2 Å². The largest absolute Gasteiger partial charge is 0.371 e. The smallest absolute Gasteiger partial charge is 0.270 e. The molecule has 120 valence electrons. The summed E-state index contributed by atoms with van der Waals surface area (Å²) in [6, 6.07) is 6.08. The lowest BCUT2D eigenvalue weighted by atomic mass is 10.1. The van der Waals surface area contributed by atoms with E-state index >= 15 is 0 Å². The molecule has 1 aliphatic rings. The van der Waals surface area contributed by atoms with Gasteiger partial charge in [-0.15, -0.1) is 0 Å². The Morgan fingerprint density at radius 3 is 2.65 bits per heavy atom. The van der Waals surface area contributed by atoms with Gasteiger partial charge in [0.1, 0.15) is 0 Å². The molecular formula is C15H17N5O3. The van der Waals surface area contributed by atoms with Crippen LogP contribution in [-0.2, 0) is 7.05 Å². The summed E-state index contributed by atoms with van der Waals surface area (Å²) < 4.78 is 1.57. The number of carbonyl (C=O) groups is 1. The van der Waals surface area contributed by atoms with Crippen molar-refractivity contribution in [1.82, 2.24) is 9.78 Å². The first kappa shape index (κ1) is 15.0. The molecule has 1 aliphatic heterocycles. The molecule has 3 rings (SSSR count). The van der Waals surface area contributed by atoms with Crippen LogP contribution in [0.2, 0.25) is 0 Å². The molecule has 0 atom stereocenters. The molecule has 1 fully saturated rings. The van der Waals surface area contributed by atoms with Crippen LogP contribution >= 0.6 is 0 Å². The van der Waals surface area contributed by atoms with E-state index in [1.54, 1.807) is 30.1 Å². The van der Waals surface area contributed by atoms with Gasteiger partial charge in [-0.05, 0) is 18.9 Å². The lowest BCUT2D eigenvalue weighted by molar-refractivity contribution is -0.384. The molecule has 0 bridgehead atoms. The van der Waals surface area contributed by atoms with Crippen molar-refractivity contribution in [3.63, 3.8) is 0 Å². The molecule has 0 aliphatic carbocycles. The summed E-state index contributed by atoms with van der Waals surface area (Å²) in [5, 5.41) is 17.8. The lowest BCUT2D eigenvalue weighted by Gasteiger charge is -2.20. The highest BCUT2D eigenvalue weighted by molar-refractivity contribution is 6.08. The van der Waals surface area contributed by atoms with Crippen LogP contribution in [0.15, 0.2) is 30.5 Å². The van der Waals surface area contributed by atoms with Gasteiger partial charge in [-0.2, -0.15) is 5.10 Å². The lowest BCUT2D eigenvalue weighted by Crippen LogP contribution is -2.23. The molecule has 0 saturated carbocycles. The van der Waals surface area contributed by atoms with E-state index in [9.17, 15) is 14.9 Å². The SMILES string of the molecule is Cn1ccc(NC(=O)c2cc([N+](=O)[O-])ccc2N2CCCC2)n1. The van der Waals surface area contributed by atoms with Gasteiger partial charge in [-0.25, -0.2) is 0 Å². The minimum absolute atomic E-state index is 0.0980. The number of aromatic nitrogens is 2. The number of aryl methyl sites for hydroxylation is 1. The van der Waals surface area contributed by atoms with Crippen molar-refractivity contribution in [1.29, 1.82) is 0 Å². The zero-order valence-electron chi connectivity index (χ0n) is 12.7. The Morgan fingerprint density at radius 1 is 1.30 bits per heavy atom. The number of benzene rings is 1. The first-order chi connectivity index (χ1) is 11.0. The van der Waals surface area contributed by atoms with Gasteiger partial charge in [-0.1, -0.05) is 0 Å². The number of carbonyl (C=O) groups excluding carboxylic acids is 1. The fourth-order valence-corrected chi connectivity index (χ4v) is 2.72. The number of nitrogens with one attached hydrogen (secondary N) is 1. The van der Waals surface area contributed by atoms with E-state index < -0.39 is 10.8 Å². The minimum atomic E-state index is -0.495. The Balaban J connectivity index is 1.94. The standard InChI is InChI=1S/C15H17N5O3/c1-18-9-6-14(17-18)16-15(21)12-10-11(20(22)23)4-5-13(12)19-7-2-3-8-19/h4-6,9-10H,2-3,7-8H2,1H3,(H,16,17,21). The van der Waals surface area contributed by atoms with Gasteiger partial charge in [-0.3, -0.25) is 19.6 Å². The van der Waals surface area contributed by atoms with E-state index in [-0.39, 0.29) is 5.69 Å². The van der Waals surface area contributed by atoms with Crippen molar-refractivity contribution in [2.45, 2.75) is 12.8 Å². The summed E-state index contributed by atoms with van der Waals surface area (Å²) in [6.07, 6.45) is 3.82. The average Bonchev–Trinajstić information content (AvgIpc) is 3.18. The Labute approximate surface area is 132 Å². The number of nitrogens with zero attached hydrogens (tertiary/aromatic N) is 4. The molecule has 0 unspecified atom stereocenters. The number of rotatable bonds is 4. The van der Waals surface area contributed by atoms with Crippen LogP contribution < -0.4 is 10.2 Å². The Hall–Kier alpha value is -2.90. The average molecular weight is 315 g/mol. The highest BCUT2D eigenvalue weighted by Gasteiger charge is 2.22. The van der Waals surface area contributed by atoms with E-state index in [1.165, 1.54) is 12.1 Å². The molecule has 1 saturated heterocycles. The highest BCUT2D eigenvalue weighted by atomic mass is 16.6. The summed E-state index contributed by atoms with van der Waals surface area (Å²) >= 11 is 0. The Morgan fingerprint density at radius 2 is 2.04 bits per heavy atom. The van der Waals surface area contributed by atoms with Gasteiger partial charge in [0, 0.05) is 44.5 Å². The Kier molecular flexibility index (Phi) is 3.96. The molecule has 1 aromatic heterocycles. The van der Waals surface area contributed by atoms with Crippen molar-refractivity contribution < 1.29 is 9.72 Å². The third-order valence-electron chi connectivity index (χ3n) is 3.84. The summed E-state index contributed by atoms with van der Waals surface area (Å²) in [4.78, 5) is 25.2. The number of amides is 1. The first-order valence-corrected chi connectivity index (χ1v) is 7.39. The van der Waals surface area contributed by atoms with Crippen LogP contribution in [0.3, 0.4) is 0 Å². The van der Waals surface area contributed by atoms with Crippen molar-refractivity contribution in [2.75, 3.05) is 23.3 Å². The van der Waals surface area contributed by atoms with Crippen molar-refractivity contribution in [3.05, 3.63) is 46.1 Å². The summed E-state index contributed by atoms with van der Waals surface area (Å²) in [5.41, 5.74) is 0.924. The minimum Gasteiger partial charge on any atom is -0.371 e. The van der Waals surface area contributed by atoms with Gasteiger partial charge in [0.15, 0.2) is 5.82 Å². The molecule has 2 aromatic rings. The highest BCUT2D eigenvalue weighted by Crippen LogP contribution is 2.28. The van der Waals surface area contributed by atoms with Gasteiger partial charge < -0.3 is 10.2 Å². The van der Waals surface area contributed by atoms with Crippen molar-refractivity contribution in [2.24, 2.45) is 7.05 Å². The van der Waals surface area contributed by atoms with Crippen LogP contribution in [-0.4, -0.2) is 33.7 Å². The first-order valence-electron chi connectivity index (χ1n) is 7.39. The van der Waals surface area contributed by atoms with E-state index in [0.29, 0.717) is 11.4 Å². The summed E-state index contributed by atoms with van der Waals surface area (Å²) in [7, 11) is 1.75. The number of hydrogen-bond acceptors (Lipinski definition) is 5. The zero-order chi connectivity index (χ0) is 16.4. The van der Waals surface area contributed by atoms with Gasteiger partial charge in [0.2, 0.25) is 0 Å². The maximum atomic E-state index is 12.6. The molecule has 1 aromatic carbocycles. The molecule has 1 N–H and O–H groups in total. The second-order valence-electron chi connectivity index (χ2n) is 5.48. The third-order valence-corrected chi connectivity index (χ3v) is 3.84. The summed E-state index contributed by atoms with van der Waals surface area (Å²) in [5.74, 6) is 0.0191. The molecule has 8 nitrogen and oxygen atoms in total. The molecular weight excluding hydrogens is 298 g/mol. The van der Waals surface area contributed by atoms with Crippen LogP contribution in [0, 0.1) is 10.1 Å². The molecule has 0 spiro atoms. The number of nitro groups is 1. The maximum Gasteiger partial charge on any atom is 0.270 e. The number of hydrogen-bond donors (Lipinski definition) is 1. The van der Waals surface area contributed by atoms with Gasteiger partial charge in [0.05, 0.1) is 16.2 Å². The normalized spacial score (nSPS) is 14.0. The fraction of sp³-hybridized carbons (Fsp3) is 0.333. The number of nitro benzene ring substituents is 1. The molecule has 8 heteroatoms. The van der Waals surface area contributed by atoms with Crippen molar-refractivity contribution >= 4 is 23.1 Å². The topological polar surface area (TPSA) is 93.3 Å². The van der Waals surface area contributed by atoms with E-state index in [0.717, 1.165) is 31.6 Å². The van der Waals surface area contributed by atoms with Crippen LogP contribution in [0.5, 0.6) is 0 Å². The summed E-state index contributed by atoms with van der Waals surface area (Å²) in [6.45, 7) is 1.70. The second kappa shape index (κ2) is 6.07. The predicted molar refractivity (Wildman–Crippen MR) is 85.7 cm³/mol. The zero-order valence-corrected chi connectivity index (χ0v) is 12.7. The van der Waals surface area contributed by atoms with E-state index in [2.05, 4.69) is 15.3 Å². The van der Waals surface area contributed by atoms with Crippen LogP contribution in [0.1, 0.15) is 23.2 Å². The maximum absolute atomic E-state index is 12.6. The van der Waals surface area contributed by atoms with Crippen LogP contribution in [0.25, 0.3) is 0 Å². The quantitative estimate of drug-likeness (QED) is 0.689. The Bertz CT molecular complexity index is 749. The predicted octanol–water partition coefficient (Wildman–Crippen LogP) is 2.18. The number of anilines is 2. The van der Waals surface area contributed by atoms with E-state index in [1.807, 2.05) is 0 Å². The molecule has 23 heavy (non-hydrogen) atoms. The fourth-order valence-electron chi connectivity index (χ4n) is 2.72. The van der Waals surface area contributed by atoms with Crippen molar-refractivity contribution in [3.8, 4) is 0 Å². The van der Waals surface area contributed by atoms with Gasteiger partial charge >= 0.3 is 0 Å². The van der Waals surface area contributed by atoms with E-state index in [4.69, 9.17) is 0 Å². The molecule has 0 radical (unpaired) electrons. The molecule has 1 amide bonds. The monoisotopic (exact) mass is 315 g/mol. The number of non-ortho nitro benzene ring substituents is 1.